The van der Waals surface area contributed by atoms with E-state index in [0.717, 1.165) is 44.3 Å². The maximum Gasteiger partial charge on any atom is 0.259 e. The highest BCUT2D eigenvalue weighted by atomic mass is 16.5. The lowest BCUT2D eigenvalue weighted by atomic mass is 10.1. The number of ether oxygens (including phenoxy) is 3. The molecule has 0 bridgehead atoms. The molecule has 0 unspecified atom stereocenters. The van der Waals surface area contributed by atoms with Gasteiger partial charge in [0.15, 0.2) is 0 Å². The molecule has 36 heavy (non-hydrogen) atoms. The quantitative estimate of drug-likeness (QED) is 0.309. The lowest BCUT2D eigenvalue weighted by molar-refractivity contribution is 0.0322. The number of aromatic amines is 1. The third-order valence-electron chi connectivity index (χ3n) is 5.69. The average molecular weight is 491 g/mol. The summed E-state index contributed by atoms with van der Waals surface area (Å²) in [6.45, 7) is 8.92. The predicted octanol–water partition coefficient (Wildman–Crippen LogP) is 2.87. The van der Waals surface area contributed by atoms with Crippen molar-refractivity contribution in [3.8, 4) is 5.75 Å². The van der Waals surface area contributed by atoms with E-state index in [-0.39, 0.29) is 11.5 Å². The Morgan fingerprint density at radius 3 is 2.81 bits per heavy atom. The fraction of sp³-hybridized carbons (Fsp3) is 0.269. The molecule has 2 aromatic heterocycles. The second-order valence-corrected chi connectivity index (χ2v) is 8.04. The number of nitrogens with one attached hydrogen (secondary N) is 2. The molecule has 1 aromatic carbocycles. The second kappa shape index (κ2) is 12.0. The number of pyridine rings is 2. The highest BCUT2D eigenvalue weighted by Crippen LogP contribution is 2.27. The number of anilines is 2. The summed E-state index contributed by atoms with van der Waals surface area (Å²) in [7, 11) is 1.49. The molecular weight excluding hydrogens is 460 g/mol. The van der Waals surface area contributed by atoms with Gasteiger partial charge in [-0.15, -0.1) is 0 Å². The van der Waals surface area contributed by atoms with Crippen LogP contribution in [0.3, 0.4) is 0 Å². The molecule has 1 aliphatic rings. The molecule has 1 fully saturated rings. The minimum atomic E-state index is -0.255. The SMILES string of the molecule is C=C(C(=N/C=C\N)OC)c1cc2cc[nH]c(=O)c2c(Nc2ccc(OCCN3CCOCC3)cc2)n1. The molecule has 10 heteroatoms. The number of methoxy groups -OCH3 is 1. The minimum absolute atomic E-state index is 0.255. The topological polar surface area (TPSA) is 127 Å². The van der Waals surface area contributed by atoms with E-state index in [9.17, 15) is 4.79 Å². The first-order valence-electron chi connectivity index (χ1n) is 11.6. The molecule has 0 saturated carbocycles. The standard InChI is InChI=1S/C26H30N6O4/c1-18(26(34-2)29-10-8-27)22-17-19-7-9-28-25(33)23(19)24(31-22)30-20-3-5-21(6-4-20)36-16-13-32-11-14-35-15-12-32/h3-10,17H,1,11-16,27H2,2H3,(H,28,33)(H,30,31)/b10-8-,29-26?. The Labute approximate surface area is 209 Å². The van der Waals surface area contributed by atoms with Crippen LogP contribution in [0.2, 0.25) is 0 Å². The monoisotopic (exact) mass is 490 g/mol. The van der Waals surface area contributed by atoms with Crippen molar-refractivity contribution in [3.05, 3.63) is 77.6 Å². The molecule has 0 aliphatic carbocycles. The van der Waals surface area contributed by atoms with E-state index in [0.29, 0.717) is 34.5 Å². The van der Waals surface area contributed by atoms with Crippen LogP contribution in [0.5, 0.6) is 5.75 Å². The first kappa shape index (κ1) is 25.0. The lowest BCUT2D eigenvalue weighted by Gasteiger charge is -2.26. The Morgan fingerprint density at radius 1 is 1.31 bits per heavy atom. The van der Waals surface area contributed by atoms with Crippen molar-refractivity contribution in [2.24, 2.45) is 10.7 Å². The number of aromatic nitrogens is 2. The van der Waals surface area contributed by atoms with Crippen LogP contribution in [-0.2, 0) is 9.47 Å². The van der Waals surface area contributed by atoms with E-state index in [1.54, 1.807) is 18.3 Å². The van der Waals surface area contributed by atoms with Crippen LogP contribution in [0.15, 0.2) is 71.4 Å². The van der Waals surface area contributed by atoms with Crippen LogP contribution >= 0.6 is 0 Å². The number of hydrogen-bond donors (Lipinski definition) is 3. The summed E-state index contributed by atoms with van der Waals surface area (Å²) in [5.41, 5.74) is 6.84. The molecule has 0 atom stereocenters. The van der Waals surface area contributed by atoms with Gasteiger partial charge in [-0.1, -0.05) is 6.58 Å². The van der Waals surface area contributed by atoms with Crippen LogP contribution in [0, 0.1) is 0 Å². The normalized spacial score (nSPS) is 14.8. The number of aliphatic imine (C=N–C) groups is 1. The van der Waals surface area contributed by atoms with Crippen LogP contribution < -0.4 is 21.3 Å². The van der Waals surface area contributed by atoms with Crippen LogP contribution in [-0.4, -0.2) is 67.3 Å². The van der Waals surface area contributed by atoms with Crippen molar-refractivity contribution in [1.82, 2.24) is 14.9 Å². The van der Waals surface area contributed by atoms with Crippen LogP contribution in [0.4, 0.5) is 11.5 Å². The number of nitrogens with zero attached hydrogens (tertiary/aromatic N) is 3. The smallest absolute Gasteiger partial charge is 0.259 e. The molecule has 0 amide bonds. The summed E-state index contributed by atoms with van der Waals surface area (Å²) in [4.78, 5) is 26.5. The summed E-state index contributed by atoms with van der Waals surface area (Å²) in [6, 6.07) is 11.1. The molecule has 1 saturated heterocycles. The van der Waals surface area contributed by atoms with Gasteiger partial charge in [0.25, 0.3) is 5.56 Å². The van der Waals surface area contributed by atoms with Crippen LogP contribution in [0.25, 0.3) is 16.3 Å². The van der Waals surface area contributed by atoms with Gasteiger partial charge in [-0.3, -0.25) is 9.69 Å². The van der Waals surface area contributed by atoms with E-state index >= 15 is 0 Å². The highest BCUT2D eigenvalue weighted by molar-refractivity contribution is 6.19. The van der Waals surface area contributed by atoms with Crippen molar-refractivity contribution in [1.29, 1.82) is 0 Å². The number of nitrogens with two attached hydrogens (primary N) is 1. The fourth-order valence-electron chi connectivity index (χ4n) is 3.82. The van der Waals surface area contributed by atoms with Gasteiger partial charge in [-0.2, -0.15) is 0 Å². The number of benzene rings is 1. The van der Waals surface area contributed by atoms with Crippen molar-refractivity contribution in [2.45, 2.75) is 0 Å². The first-order chi connectivity index (χ1) is 17.6. The molecule has 3 aromatic rings. The fourth-order valence-corrected chi connectivity index (χ4v) is 3.82. The van der Waals surface area contributed by atoms with Gasteiger partial charge < -0.3 is 30.2 Å². The van der Waals surface area contributed by atoms with E-state index in [4.69, 9.17) is 19.9 Å². The zero-order valence-electron chi connectivity index (χ0n) is 20.2. The molecule has 1 aliphatic heterocycles. The third kappa shape index (κ3) is 6.09. The summed E-state index contributed by atoms with van der Waals surface area (Å²) >= 11 is 0. The molecule has 4 N–H and O–H groups in total. The lowest BCUT2D eigenvalue weighted by Crippen LogP contribution is -2.38. The Hall–Kier alpha value is -4.15. The summed E-state index contributed by atoms with van der Waals surface area (Å²) in [5, 5.41) is 4.38. The highest BCUT2D eigenvalue weighted by Gasteiger charge is 2.15. The molecule has 0 spiro atoms. The van der Waals surface area contributed by atoms with Crippen molar-refractivity contribution in [3.63, 3.8) is 0 Å². The van der Waals surface area contributed by atoms with E-state index in [2.05, 4.69) is 31.8 Å². The van der Waals surface area contributed by atoms with Gasteiger partial charge in [0, 0.05) is 43.9 Å². The van der Waals surface area contributed by atoms with Gasteiger partial charge in [-0.05, 0) is 41.8 Å². The van der Waals surface area contributed by atoms with E-state index in [1.165, 1.54) is 19.5 Å². The van der Waals surface area contributed by atoms with Crippen molar-refractivity contribution < 1.29 is 14.2 Å². The first-order valence-corrected chi connectivity index (χ1v) is 11.6. The Balaban J connectivity index is 1.54. The summed E-state index contributed by atoms with van der Waals surface area (Å²) in [5.74, 6) is 1.41. The van der Waals surface area contributed by atoms with Gasteiger partial charge in [0.1, 0.15) is 18.2 Å². The molecule has 10 nitrogen and oxygen atoms in total. The molecule has 4 rings (SSSR count). The summed E-state index contributed by atoms with van der Waals surface area (Å²) in [6.07, 6.45) is 4.29. The van der Waals surface area contributed by atoms with E-state index in [1.807, 2.05) is 24.3 Å². The molecule has 188 valence electrons. The van der Waals surface area contributed by atoms with Gasteiger partial charge in [0.05, 0.1) is 37.0 Å². The largest absolute Gasteiger partial charge is 0.492 e. The number of morpholine rings is 1. The minimum Gasteiger partial charge on any atom is -0.492 e. The van der Waals surface area contributed by atoms with Gasteiger partial charge in [-0.25, -0.2) is 9.98 Å². The van der Waals surface area contributed by atoms with E-state index < -0.39 is 0 Å². The second-order valence-electron chi connectivity index (χ2n) is 8.04. The zero-order valence-corrected chi connectivity index (χ0v) is 20.2. The van der Waals surface area contributed by atoms with Gasteiger partial charge in [0.2, 0.25) is 5.90 Å². The Morgan fingerprint density at radius 2 is 2.08 bits per heavy atom. The maximum atomic E-state index is 12.6. The zero-order chi connectivity index (χ0) is 25.3. The molecule has 0 radical (unpaired) electrons. The Kier molecular flexibility index (Phi) is 8.32. The van der Waals surface area contributed by atoms with Crippen molar-refractivity contribution in [2.75, 3.05) is 51.9 Å². The number of fused-ring (bicyclic) bond motifs is 1. The number of hydrogen-bond acceptors (Lipinski definition) is 9. The molecule has 3 heterocycles. The summed E-state index contributed by atoms with van der Waals surface area (Å²) < 4.78 is 16.6. The maximum absolute atomic E-state index is 12.6. The number of rotatable bonds is 9. The van der Waals surface area contributed by atoms with Crippen LogP contribution in [0.1, 0.15) is 5.69 Å². The van der Waals surface area contributed by atoms with Crippen molar-refractivity contribution >= 4 is 33.7 Å². The number of H-pyrrole nitrogens is 1. The molecular formula is C26H30N6O4. The predicted molar refractivity (Wildman–Crippen MR) is 142 cm³/mol. The average Bonchev–Trinajstić information content (AvgIpc) is 2.90. The van der Waals surface area contributed by atoms with Gasteiger partial charge >= 0.3 is 0 Å². The Bertz CT molecular complexity index is 1310. The third-order valence-corrected chi connectivity index (χ3v) is 5.69.